The molecule has 1 aliphatic rings. The molecule has 1 aliphatic heterocycles. The average Bonchev–Trinajstić information content (AvgIpc) is 2.60. The molecule has 1 saturated heterocycles. The lowest BCUT2D eigenvalue weighted by molar-refractivity contribution is -0.131. The summed E-state index contributed by atoms with van der Waals surface area (Å²) in [7, 11) is 1.60. The fourth-order valence-corrected chi connectivity index (χ4v) is 2.48. The van der Waals surface area contributed by atoms with Crippen LogP contribution < -0.4 is 10.1 Å². The number of ether oxygens (including phenoxy) is 2. The first-order valence-electron chi connectivity index (χ1n) is 7.94. The van der Waals surface area contributed by atoms with Crippen LogP contribution in [0.4, 0.5) is 0 Å². The van der Waals surface area contributed by atoms with Crippen molar-refractivity contribution >= 4 is 11.8 Å². The van der Waals surface area contributed by atoms with Gasteiger partial charge in [-0.25, -0.2) is 0 Å². The largest absolute Gasteiger partial charge is 0.497 e. The van der Waals surface area contributed by atoms with Gasteiger partial charge in [0.2, 0.25) is 11.8 Å². The van der Waals surface area contributed by atoms with E-state index in [1.165, 1.54) is 0 Å². The first kappa shape index (κ1) is 17.3. The zero-order valence-electron chi connectivity index (χ0n) is 13.5. The predicted molar refractivity (Wildman–Crippen MR) is 86.3 cm³/mol. The number of hydrogen-bond acceptors (Lipinski definition) is 4. The summed E-state index contributed by atoms with van der Waals surface area (Å²) in [5, 5.41) is 2.79. The van der Waals surface area contributed by atoms with Crippen molar-refractivity contribution in [2.45, 2.75) is 19.3 Å². The Bertz CT molecular complexity index is 533. The molecule has 0 aliphatic carbocycles. The van der Waals surface area contributed by atoms with E-state index < -0.39 is 0 Å². The third-order valence-corrected chi connectivity index (χ3v) is 3.74. The van der Waals surface area contributed by atoms with Crippen LogP contribution in [-0.2, 0) is 20.7 Å². The van der Waals surface area contributed by atoms with E-state index in [0.717, 1.165) is 17.7 Å². The minimum atomic E-state index is -0.0466. The van der Waals surface area contributed by atoms with Crippen molar-refractivity contribution in [1.29, 1.82) is 0 Å². The van der Waals surface area contributed by atoms with Gasteiger partial charge in [-0.05, 0) is 24.1 Å². The van der Waals surface area contributed by atoms with Crippen LogP contribution in [-0.4, -0.2) is 56.7 Å². The first-order chi connectivity index (χ1) is 11.2. The van der Waals surface area contributed by atoms with Crippen molar-refractivity contribution < 1.29 is 19.1 Å². The second-order valence-corrected chi connectivity index (χ2v) is 5.47. The molecule has 0 unspecified atom stereocenters. The van der Waals surface area contributed by atoms with Gasteiger partial charge in [-0.2, -0.15) is 0 Å². The van der Waals surface area contributed by atoms with Crippen molar-refractivity contribution in [2.75, 3.05) is 40.0 Å². The normalized spacial score (nSPS) is 17.1. The minimum Gasteiger partial charge on any atom is -0.497 e. The van der Waals surface area contributed by atoms with Crippen LogP contribution in [0.3, 0.4) is 0 Å². The number of methoxy groups -OCH3 is 1. The standard InChI is InChI=1S/C17H24N2O4/c1-22-15-5-2-4-14(12-15)13-17(21)19-8-3-10-23-11-7-18-16(20)6-9-19/h2,4-5,12H,3,6-11,13H2,1H3,(H,18,20). The van der Waals surface area contributed by atoms with Gasteiger partial charge in [0.15, 0.2) is 0 Å². The summed E-state index contributed by atoms with van der Waals surface area (Å²) >= 11 is 0. The number of carbonyl (C=O) groups excluding carboxylic acids is 2. The number of nitrogens with one attached hydrogen (secondary N) is 1. The molecule has 6 heteroatoms. The Balaban J connectivity index is 1.97. The zero-order valence-corrected chi connectivity index (χ0v) is 13.5. The van der Waals surface area contributed by atoms with Gasteiger partial charge >= 0.3 is 0 Å². The Hall–Kier alpha value is -2.08. The summed E-state index contributed by atoms with van der Waals surface area (Å²) in [4.78, 5) is 26.0. The van der Waals surface area contributed by atoms with Gasteiger partial charge in [0.25, 0.3) is 0 Å². The second kappa shape index (κ2) is 9.15. The van der Waals surface area contributed by atoms with Crippen molar-refractivity contribution in [1.82, 2.24) is 10.2 Å². The highest BCUT2D eigenvalue weighted by Gasteiger charge is 2.16. The lowest BCUT2D eigenvalue weighted by atomic mass is 10.1. The van der Waals surface area contributed by atoms with Crippen LogP contribution in [0.5, 0.6) is 5.75 Å². The Labute approximate surface area is 136 Å². The maximum atomic E-state index is 12.5. The lowest BCUT2D eigenvalue weighted by Crippen LogP contribution is -2.37. The van der Waals surface area contributed by atoms with E-state index in [1.807, 2.05) is 24.3 Å². The fraction of sp³-hybridized carbons (Fsp3) is 0.529. The van der Waals surface area contributed by atoms with Gasteiger partial charge in [0, 0.05) is 32.7 Å². The molecule has 0 saturated carbocycles. The molecule has 1 fully saturated rings. The summed E-state index contributed by atoms with van der Waals surface area (Å²) in [6.07, 6.45) is 1.40. The molecule has 1 heterocycles. The summed E-state index contributed by atoms with van der Waals surface area (Å²) in [5.41, 5.74) is 0.907. The molecule has 1 aromatic carbocycles. The zero-order chi connectivity index (χ0) is 16.5. The van der Waals surface area contributed by atoms with Crippen molar-refractivity contribution in [3.05, 3.63) is 29.8 Å². The number of rotatable bonds is 3. The van der Waals surface area contributed by atoms with Crippen molar-refractivity contribution in [2.24, 2.45) is 0 Å². The maximum absolute atomic E-state index is 12.5. The van der Waals surface area contributed by atoms with Gasteiger partial charge < -0.3 is 19.7 Å². The fourth-order valence-electron chi connectivity index (χ4n) is 2.48. The van der Waals surface area contributed by atoms with Crippen LogP contribution >= 0.6 is 0 Å². The quantitative estimate of drug-likeness (QED) is 0.902. The van der Waals surface area contributed by atoms with Crippen LogP contribution in [0.25, 0.3) is 0 Å². The molecule has 0 spiro atoms. The highest BCUT2D eigenvalue weighted by Crippen LogP contribution is 2.14. The summed E-state index contributed by atoms with van der Waals surface area (Å²) in [5.74, 6) is 0.709. The summed E-state index contributed by atoms with van der Waals surface area (Å²) in [6, 6.07) is 7.49. The number of amides is 2. The highest BCUT2D eigenvalue weighted by atomic mass is 16.5. The molecular formula is C17H24N2O4. The van der Waals surface area contributed by atoms with E-state index in [-0.39, 0.29) is 11.8 Å². The average molecular weight is 320 g/mol. The van der Waals surface area contributed by atoms with Gasteiger partial charge in [-0.3, -0.25) is 9.59 Å². The van der Waals surface area contributed by atoms with E-state index in [4.69, 9.17) is 9.47 Å². The molecule has 1 N–H and O–H groups in total. The number of carbonyl (C=O) groups is 2. The lowest BCUT2D eigenvalue weighted by Gasteiger charge is -2.22. The summed E-state index contributed by atoms with van der Waals surface area (Å²) in [6.45, 7) is 2.68. The molecule has 1 aromatic rings. The third kappa shape index (κ3) is 5.90. The molecule has 2 rings (SSSR count). The van der Waals surface area contributed by atoms with E-state index in [0.29, 0.717) is 45.7 Å². The molecule has 0 atom stereocenters. The SMILES string of the molecule is COc1cccc(CC(=O)N2CCCOCCNC(=O)CC2)c1. The molecule has 23 heavy (non-hydrogen) atoms. The minimum absolute atomic E-state index is 0.0188. The van der Waals surface area contributed by atoms with E-state index in [1.54, 1.807) is 12.0 Å². The van der Waals surface area contributed by atoms with Crippen LogP contribution in [0, 0.1) is 0 Å². The van der Waals surface area contributed by atoms with Gasteiger partial charge in [0.1, 0.15) is 5.75 Å². The number of benzene rings is 1. The predicted octanol–water partition coefficient (Wildman–Crippen LogP) is 0.993. The topological polar surface area (TPSA) is 67.9 Å². The van der Waals surface area contributed by atoms with Crippen LogP contribution in [0.15, 0.2) is 24.3 Å². The van der Waals surface area contributed by atoms with E-state index in [9.17, 15) is 9.59 Å². The smallest absolute Gasteiger partial charge is 0.227 e. The Morgan fingerprint density at radius 1 is 1.35 bits per heavy atom. The first-order valence-corrected chi connectivity index (χ1v) is 7.94. The Kier molecular flexibility index (Phi) is 6.87. The molecule has 0 aromatic heterocycles. The third-order valence-electron chi connectivity index (χ3n) is 3.74. The van der Waals surface area contributed by atoms with E-state index in [2.05, 4.69) is 5.32 Å². The number of nitrogens with zero attached hydrogens (tertiary/aromatic N) is 1. The van der Waals surface area contributed by atoms with Crippen LogP contribution in [0.2, 0.25) is 0 Å². The van der Waals surface area contributed by atoms with E-state index >= 15 is 0 Å². The molecular weight excluding hydrogens is 296 g/mol. The number of hydrogen-bond donors (Lipinski definition) is 1. The maximum Gasteiger partial charge on any atom is 0.227 e. The highest BCUT2D eigenvalue weighted by molar-refractivity contribution is 5.80. The molecule has 0 bridgehead atoms. The van der Waals surface area contributed by atoms with Gasteiger partial charge in [-0.15, -0.1) is 0 Å². The molecule has 0 radical (unpaired) electrons. The van der Waals surface area contributed by atoms with Gasteiger partial charge in [0.05, 0.1) is 20.1 Å². The monoisotopic (exact) mass is 320 g/mol. The van der Waals surface area contributed by atoms with Gasteiger partial charge in [-0.1, -0.05) is 12.1 Å². The summed E-state index contributed by atoms with van der Waals surface area (Å²) < 4.78 is 10.6. The Morgan fingerprint density at radius 2 is 2.22 bits per heavy atom. The molecule has 126 valence electrons. The Morgan fingerprint density at radius 3 is 3.04 bits per heavy atom. The van der Waals surface area contributed by atoms with Crippen molar-refractivity contribution in [3.63, 3.8) is 0 Å². The van der Waals surface area contributed by atoms with Crippen LogP contribution in [0.1, 0.15) is 18.4 Å². The second-order valence-electron chi connectivity index (χ2n) is 5.47. The molecule has 2 amide bonds. The molecule has 6 nitrogen and oxygen atoms in total. The van der Waals surface area contributed by atoms with Crippen molar-refractivity contribution in [3.8, 4) is 5.75 Å².